The molecule has 1 unspecified atom stereocenters. The van der Waals surface area contributed by atoms with Crippen LogP contribution in [0.4, 0.5) is 0 Å². The SMILES string of the molecule is O=C(O)C1(CCCCCCOC2CCCCCC2)CO1. The molecule has 4 nitrogen and oxygen atoms in total. The standard InChI is InChI=1S/C16H28O4/c17-15(18)16(13-20-16)11-7-3-4-8-12-19-14-9-5-1-2-6-10-14/h14H,1-13H2,(H,17,18). The Labute approximate surface area is 121 Å². The normalized spacial score (nSPS) is 27.2. The average molecular weight is 284 g/mol. The van der Waals surface area contributed by atoms with Crippen molar-refractivity contribution in [3.8, 4) is 0 Å². The summed E-state index contributed by atoms with van der Waals surface area (Å²) in [6, 6.07) is 0. The molecule has 0 aromatic heterocycles. The van der Waals surface area contributed by atoms with Gasteiger partial charge in [0.25, 0.3) is 0 Å². The van der Waals surface area contributed by atoms with Crippen LogP contribution in [-0.4, -0.2) is 36.0 Å². The summed E-state index contributed by atoms with van der Waals surface area (Å²) in [6.45, 7) is 1.26. The second kappa shape index (κ2) is 7.99. The fourth-order valence-corrected chi connectivity index (χ4v) is 2.99. The Morgan fingerprint density at radius 3 is 2.35 bits per heavy atom. The summed E-state index contributed by atoms with van der Waals surface area (Å²) in [5, 5.41) is 8.97. The molecule has 2 fully saturated rings. The third kappa shape index (κ3) is 5.06. The zero-order chi connectivity index (χ0) is 14.3. The van der Waals surface area contributed by atoms with E-state index in [0.29, 0.717) is 19.1 Å². The third-order valence-corrected chi connectivity index (χ3v) is 4.51. The van der Waals surface area contributed by atoms with Crippen LogP contribution in [0.3, 0.4) is 0 Å². The molecule has 1 atom stereocenters. The van der Waals surface area contributed by atoms with Crippen molar-refractivity contribution in [2.24, 2.45) is 0 Å². The molecule has 1 N–H and O–H groups in total. The highest BCUT2D eigenvalue weighted by atomic mass is 16.6. The molecule has 0 aromatic carbocycles. The first-order chi connectivity index (χ1) is 9.73. The van der Waals surface area contributed by atoms with Gasteiger partial charge >= 0.3 is 5.97 Å². The quantitative estimate of drug-likeness (QED) is 0.400. The minimum atomic E-state index is -0.823. The summed E-state index contributed by atoms with van der Waals surface area (Å²) in [6.07, 6.45) is 13.2. The predicted octanol–water partition coefficient (Wildman–Crippen LogP) is 3.53. The molecule has 2 rings (SSSR count). The molecule has 1 heterocycles. The summed E-state index contributed by atoms with van der Waals surface area (Å²) < 4.78 is 11.0. The summed E-state index contributed by atoms with van der Waals surface area (Å²) in [7, 11) is 0. The van der Waals surface area contributed by atoms with Crippen LogP contribution in [0.5, 0.6) is 0 Å². The summed E-state index contributed by atoms with van der Waals surface area (Å²) in [4.78, 5) is 10.9. The molecular formula is C16H28O4. The number of carboxylic acid groups (broad SMARTS) is 1. The number of epoxide rings is 1. The molecule has 2 aliphatic rings. The van der Waals surface area contributed by atoms with Crippen molar-refractivity contribution >= 4 is 5.97 Å². The van der Waals surface area contributed by atoms with Gasteiger partial charge in [0.15, 0.2) is 5.60 Å². The van der Waals surface area contributed by atoms with Gasteiger partial charge in [0.05, 0.1) is 12.7 Å². The summed E-state index contributed by atoms with van der Waals surface area (Å²) in [5.74, 6) is -0.797. The Morgan fingerprint density at radius 1 is 1.10 bits per heavy atom. The van der Waals surface area contributed by atoms with Crippen LogP contribution in [0.25, 0.3) is 0 Å². The molecule has 116 valence electrons. The zero-order valence-corrected chi connectivity index (χ0v) is 12.4. The van der Waals surface area contributed by atoms with E-state index < -0.39 is 11.6 Å². The van der Waals surface area contributed by atoms with Gasteiger partial charge in [0.2, 0.25) is 0 Å². The molecule has 1 saturated heterocycles. The molecule has 4 heteroatoms. The van der Waals surface area contributed by atoms with E-state index in [1.807, 2.05) is 0 Å². The van der Waals surface area contributed by atoms with E-state index in [4.69, 9.17) is 14.6 Å². The highest BCUT2D eigenvalue weighted by molar-refractivity contribution is 5.80. The number of hydrogen-bond donors (Lipinski definition) is 1. The van der Waals surface area contributed by atoms with Gasteiger partial charge in [0, 0.05) is 6.61 Å². The van der Waals surface area contributed by atoms with Crippen LogP contribution >= 0.6 is 0 Å². The van der Waals surface area contributed by atoms with Gasteiger partial charge in [-0.1, -0.05) is 38.5 Å². The predicted molar refractivity (Wildman–Crippen MR) is 76.8 cm³/mol. The maximum Gasteiger partial charge on any atom is 0.338 e. The van der Waals surface area contributed by atoms with E-state index in [1.54, 1.807) is 0 Å². The minimum Gasteiger partial charge on any atom is -0.479 e. The topological polar surface area (TPSA) is 59.1 Å². The Hall–Kier alpha value is -0.610. The van der Waals surface area contributed by atoms with Gasteiger partial charge in [-0.15, -0.1) is 0 Å². The van der Waals surface area contributed by atoms with Gasteiger partial charge in [0.1, 0.15) is 0 Å². The number of rotatable bonds is 9. The molecular weight excluding hydrogens is 256 g/mol. The van der Waals surface area contributed by atoms with Crippen molar-refractivity contribution in [1.82, 2.24) is 0 Å². The fourth-order valence-electron chi connectivity index (χ4n) is 2.99. The summed E-state index contributed by atoms with van der Waals surface area (Å²) in [5.41, 5.74) is -0.823. The molecule has 1 saturated carbocycles. The average Bonchev–Trinajstić information content (AvgIpc) is 3.22. The maximum absolute atomic E-state index is 10.9. The van der Waals surface area contributed by atoms with E-state index in [9.17, 15) is 4.79 Å². The lowest BCUT2D eigenvalue weighted by atomic mass is 10.0. The van der Waals surface area contributed by atoms with Crippen LogP contribution in [0.1, 0.15) is 70.6 Å². The molecule has 20 heavy (non-hydrogen) atoms. The molecule has 0 amide bonds. The first-order valence-corrected chi connectivity index (χ1v) is 8.22. The van der Waals surface area contributed by atoms with Crippen molar-refractivity contribution < 1.29 is 19.4 Å². The Bertz CT molecular complexity index is 291. The number of hydrogen-bond acceptors (Lipinski definition) is 3. The largest absolute Gasteiger partial charge is 0.479 e. The van der Waals surface area contributed by atoms with Gasteiger partial charge < -0.3 is 14.6 Å². The van der Waals surface area contributed by atoms with E-state index in [2.05, 4.69) is 0 Å². The van der Waals surface area contributed by atoms with Gasteiger partial charge in [-0.3, -0.25) is 0 Å². The van der Waals surface area contributed by atoms with Gasteiger partial charge in [-0.2, -0.15) is 0 Å². The van der Waals surface area contributed by atoms with Crippen LogP contribution in [0.2, 0.25) is 0 Å². The molecule has 0 spiro atoms. The van der Waals surface area contributed by atoms with Crippen LogP contribution < -0.4 is 0 Å². The van der Waals surface area contributed by atoms with E-state index in [-0.39, 0.29) is 0 Å². The lowest BCUT2D eigenvalue weighted by molar-refractivity contribution is -0.143. The number of carbonyl (C=O) groups is 1. The Kier molecular flexibility index (Phi) is 6.30. The number of unbranched alkanes of at least 4 members (excludes halogenated alkanes) is 3. The first kappa shape index (κ1) is 15.8. The Balaban J connectivity index is 1.43. The lowest BCUT2D eigenvalue weighted by Gasteiger charge is -2.15. The zero-order valence-electron chi connectivity index (χ0n) is 12.4. The first-order valence-electron chi connectivity index (χ1n) is 8.22. The molecule has 0 radical (unpaired) electrons. The second-order valence-electron chi connectivity index (χ2n) is 6.24. The van der Waals surface area contributed by atoms with Crippen molar-refractivity contribution in [3.63, 3.8) is 0 Å². The van der Waals surface area contributed by atoms with Crippen molar-refractivity contribution in [2.75, 3.05) is 13.2 Å². The number of carboxylic acids is 1. The minimum absolute atomic E-state index is 0.396. The highest BCUT2D eigenvalue weighted by Crippen LogP contribution is 2.33. The second-order valence-corrected chi connectivity index (χ2v) is 6.24. The monoisotopic (exact) mass is 284 g/mol. The molecule has 1 aliphatic heterocycles. The number of ether oxygens (including phenoxy) is 2. The van der Waals surface area contributed by atoms with Crippen molar-refractivity contribution in [3.05, 3.63) is 0 Å². The van der Waals surface area contributed by atoms with Crippen molar-refractivity contribution in [2.45, 2.75) is 82.3 Å². The fraction of sp³-hybridized carbons (Fsp3) is 0.938. The molecule has 0 bridgehead atoms. The van der Waals surface area contributed by atoms with Crippen LogP contribution in [-0.2, 0) is 14.3 Å². The van der Waals surface area contributed by atoms with Gasteiger partial charge in [-0.05, 0) is 32.1 Å². The highest BCUT2D eigenvalue weighted by Gasteiger charge is 2.51. The summed E-state index contributed by atoms with van der Waals surface area (Å²) >= 11 is 0. The Morgan fingerprint density at radius 2 is 1.75 bits per heavy atom. The molecule has 0 aromatic rings. The van der Waals surface area contributed by atoms with Crippen LogP contribution in [0.15, 0.2) is 0 Å². The number of aliphatic carboxylic acids is 1. The van der Waals surface area contributed by atoms with Crippen LogP contribution in [0, 0.1) is 0 Å². The van der Waals surface area contributed by atoms with Crippen molar-refractivity contribution in [1.29, 1.82) is 0 Å². The third-order valence-electron chi connectivity index (χ3n) is 4.51. The maximum atomic E-state index is 10.9. The van der Waals surface area contributed by atoms with E-state index >= 15 is 0 Å². The smallest absolute Gasteiger partial charge is 0.338 e. The molecule has 1 aliphatic carbocycles. The van der Waals surface area contributed by atoms with E-state index in [1.165, 1.54) is 38.5 Å². The van der Waals surface area contributed by atoms with E-state index in [0.717, 1.165) is 32.3 Å². The lowest BCUT2D eigenvalue weighted by Crippen LogP contribution is -2.23. The van der Waals surface area contributed by atoms with Gasteiger partial charge in [-0.25, -0.2) is 4.79 Å².